The smallest absolute Gasteiger partial charge is 0.118 e. The third-order valence-electron chi connectivity index (χ3n) is 2.90. The second kappa shape index (κ2) is 5.76. The zero-order valence-corrected chi connectivity index (χ0v) is 9.73. The van der Waals surface area contributed by atoms with E-state index in [-0.39, 0.29) is 6.10 Å². The van der Waals surface area contributed by atoms with E-state index >= 15 is 0 Å². The molecule has 0 aliphatic rings. The van der Waals surface area contributed by atoms with Gasteiger partial charge >= 0.3 is 0 Å². The maximum Gasteiger partial charge on any atom is 0.118 e. The summed E-state index contributed by atoms with van der Waals surface area (Å²) in [7, 11) is 1.66. The largest absolute Gasteiger partial charge is 0.497 e. The molecular formula is C13H20O2. The molecule has 2 atom stereocenters. The van der Waals surface area contributed by atoms with Crippen molar-refractivity contribution in [2.45, 2.75) is 32.8 Å². The monoisotopic (exact) mass is 208 g/mol. The van der Waals surface area contributed by atoms with Crippen LogP contribution >= 0.6 is 0 Å². The summed E-state index contributed by atoms with van der Waals surface area (Å²) in [5.41, 5.74) is 1.16. The first kappa shape index (κ1) is 12.1. The molecule has 0 saturated carbocycles. The first-order valence-corrected chi connectivity index (χ1v) is 5.48. The van der Waals surface area contributed by atoms with Crippen LogP contribution in [0.5, 0.6) is 5.75 Å². The zero-order valence-electron chi connectivity index (χ0n) is 9.73. The van der Waals surface area contributed by atoms with E-state index in [4.69, 9.17) is 4.74 Å². The number of methoxy groups -OCH3 is 1. The molecule has 1 aromatic carbocycles. The Balaban J connectivity index is 2.57. The van der Waals surface area contributed by atoms with Crippen molar-refractivity contribution < 1.29 is 9.84 Å². The SMILES string of the molecule is CCC(C)C(O)Cc1ccc(OC)cc1. The minimum Gasteiger partial charge on any atom is -0.497 e. The molecule has 0 bridgehead atoms. The molecule has 0 aromatic heterocycles. The Kier molecular flexibility index (Phi) is 4.63. The summed E-state index contributed by atoms with van der Waals surface area (Å²) in [6, 6.07) is 7.87. The Morgan fingerprint density at radius 2 is 1.87 bits per heavy atom. The standard InChI is InChI=1S/C13H20O2/c1-4-10(2)13(14)9-11-5-7-12(15-3)8-6-11/h5-8,10,13-14H,4,9H2,1-3H3. The predicted octanol–water partition coefficient (Wildman–Crippen LogP) is 2.64. The molecule has 0 spiro atoms. The van der Waals surface area contributed by atoms with Crippen LogP contribution in [-0.4, -0.2) is 18.3 Å². The van der Waals surface area contributed by atoms with Gasteiger partial charge in [0.1, 0.15) is 5.75 Å². The molecule has 0 aliphatic carbocycles. The van der Waals surface area contributed by atoms with E-state index in [0.717, 1.165) is 24.2 Å². The molecule has 0 heterocycles. The molecule has 0 radical (unpaired) electrons. The van der Waals surface area contributed by atoms with Crippen molar-refractivity contribution in [2.75, 3.05) is 7.11 Å². The molecule has 15 heavy (non-hydrogen) atoms. The Morgan fingerprint density at radius 1 is 1.27 bits per heavy atom. The average Bonchev–Trinajstić information content (AvgIpc) is 2.29. The summed E-state index contributed by atoms with van der Waals surface area (Å²) in [4.78, 5) is 0. The fraction of sp³-hybridized carbons (Fsp3) is 0.538. The number of ether oxygens (including phenoxy) is 1. The minimum atomic E-state index is -0.247. The van der Waals surface area contributed by atoms with Crippen LogP contribution in [0, 0.1) is 5.92 Å². The highest BCUT2D eigenvalue weighted by molar-refractivity contribution is 5.27. The van der Waals surface area contributed by atoms with E-state index in [1.807, 2.05) is 24.3 Å². The molecule has 2 heteroatoms. The lowest BCUT2D eigenvalue weighted by atomic mass is 9.96. The maximum atomic E-state index is 9.87. The van der Waals surface area contributed by atoms with Crippen molar-refractivity contribution in [1.82, 2.24) is 0 Å². The predicted molar refractivity (Wildman–Crippen MR) is 62.2 cm³/mol. The van der Waals surface area contributed by atoms with Crippen molar-refractivity contribution in [1.29, 1.82) is 0 Å². The van der Waals surface area contributed by atoms with Crippen molar-refractivity contribution in [3.63, 3.8) is 0 Å². The molecule has 0 amide bonds. The van der Waals surface area contributed by atoms with Gasteiger partial charge in [0, 0.05) is 0 Å². The molecule has 2 nitrogen and oxygen atoms in total. The van der Waals surface area contributed by atoms with Gasteiger partial charge in [0.15, 0.2) is 0 Å². The topological polar surface area (TPSA) is 29.5 Å². The van der Waals surface area contributed by atoms with Gasteiger partial charge in [-0.05, 0) is 30.0 Å². The number of benzene rings is 1. The Hall–Kier alpha value is -1.02. The van der Waals surface area contributed by atoms with Gasteiger partial charge in [0.2, 0.25) is 0 Å². The van der Waals surface area contributed by atoms with E-state index in [1.165, 1.54) is 0 Å². The Bertz CT molecular complexity index is 279. The van der Waals surface area contributed by atoms with E-state index < -0.39 is 0 Å². The summed E-state index contributed by atoms with van der Waals surface area (Å²) < 4.78 is 5.08. The van der Waals surface area contributed by atoms with Crippen molar-refractivity contribution >= 4 is 0 Å². The van der Waals surface area contributed by atoms with Gasteiger partial charge < -0.3 is 9.84 Å². The van der Waals surface area contributed by atoms with Crippen LogP contribution in [0.4, 0.5) is 0 Å². The normalized spacial score (nSPS) is 14.7. The lowest BCUT2D eigenvalue weighted by Crippen LogP contribution is -2.19. The van der Waals surface area contributed by atoms with Crippen LogP contribution in [0.1, 0.15) is 25.8 Å². The number of hydrogen-bond acceptors (Lipinski definition) is 2. The molecule has 0 saturated heterocycles. The molecule has 0 aliphatic heterocycles. The fourth-order valence-electron chi connectivity index (χ4n) is 1.48. The maximum absolute atomic E-state index is 9.87. The van der Waals surface area contributed by atoms with Crippen LogP contribution in [0.3, 0.4) is 0 Å². The second-order valence-electron chi connectivity index (χ2n) is 4.01. The molecule has 1 aromatic rings. The van der Waals surface area contributed by atoms with Crippen LogP contribution in [0.2, 0.25) is 0 Å². The van der Waals surface area contributed by atoms with Gasteiger partial charge in [0.25, 0.3) is 0 Å². The van der Waals surface area contributed by atoms with E-state index in [2.05, 4.69) is 13.8 Å². The first-order chi connectivity index (χ1) is 7.17. The third kappa shape index (κ3) is 3.56. The zero-order chi connectivity index (χ0) is 11.3. The van der Waals surface area contributed by atoms with Gasteiger partial charge in [-0.15, -0.1) is 0 Å². The highest BCUT2D eigenvalue weighted by atomic mass is 16.5. The lowest BCUT2D eigenvalue weighted by Gasteiger charge is -2.17. The summed E-state index contributed by atoms with van der Waals surface area (Å²) in [5, 5.41) is 9.87. The molecule has 1 rings (SSSR count). The number of aliphatic hydroxyl groups excluding tert-OH is 1. The highest BCUT2D eigenvalue weighted by Gasteiger charge is 2.12. The lowest BCUT2D eigenvalue weighted by molar-refractivity contribution is 0.115. The van der Waals surface area contributed by atoms with Crippen molar-refractivity contribution in [3.8, 4) is 5.75 Å². The second-order valence-corrected chi connectivity index (χ2v) is 4.01. The number of aliphatic hydroxyl groups is 1. The first-order valence-electron chi connectivity index (χ1n) is 5.48. The summed E-state index contributed by atoms with van der Waals surface area (Å²) in [5.74, 6) is 1.21. The van der Waals surface area contributed by atoms with Gasteiger partial charge in [-0.3, -0.25) is 0 Å². The van der Waals surface area contributed by atoms with Crippen molar-refractivity contribution in [3.05, 3.63) is 29.8 Å². The van der Waals surface area contributed by atoms with Gasteiger partial charge in [-0.25, -0.2) is 0 Å². The van der Waals surface area contributed by atoms with Gasteiger partial charge in [-0.2, -0.15) is 0 Å². The quantitative estimate of drug-likeness (QED) is 0.806. The fourth-order valence-corrected chi connectivity index (χ4v) is 1.48. The highest BCUT2D eigenvalue weighted by Crippen LogP contribution is 2.16. The van der Waals surface area contributed by atoms with Crippen molar-refractivity contribution in [2.24, 2.45) is 5.92 Å². The van der Waals surface area contributed by atoms with Gasteiger partial charge in [-0.1, -0.05) is 32.4 Å². The average molecular weight is 208 g/mol. The molecular weight excluding hydrogens is 188 g/mol. The third-order valence-corrected chi connectivity index (χ3v) is 2.90. The number of rotatable bonds is 5. The van der Waals surface area contributed by atoms with E-state index in [1.54, 1.807) is 7.11 Å². The Morgan fingerprint density at radius 3 is 2.33 bits per heavy atom. The van der Waals surface area contributed by atoms with Crippen LogP contribution in [0.25, 0.3) is 0 Å². The summed E-state index contributed by atoms with van der Waals surface area (Å²) in [6.45, 7) is 4.18. The summed E-state index contributed by atoms with van der Waals surface area (Å²) in [6.07, 6.45) is 1.49. The summed E-state index contributed by atoms with van der Waals surface area (Å²) >= 11 is 0. The van der Waals surface area contributed by atoms with Crippen LogP contribution < -0.4 is 4.74 Å². The number of hydrogen-bond donors (Lipinski definition) is 1. The van der Waals surface area contributed by atoms with E-state index in [0.29, 0.717) is 5.92 Å². The van der Waals surface area contributed by atoms with Gasteiger partial charge in [0.05, 0.1) is 13.2 Å². The molecule has 0 fully saturated rings. The molecule has 1 N–H and O–H groups in total. The van der Waals surface area contributed by atoms with Crippen LogP contribution in [-0.2, 0) is 6.42 Å². The Labute approximate surface area is 91.9 Å². The molecule has 84 valence electrons. The minimum absolute atomic E-state index is 0.247. The van der Waals surface area contributed by atoms with Crippen LogP contribution in [0.15, 0.2) is 24.3 Å². The van der Waals surface area contributed by atoms with E-state index in [9.17, 15) is 5.11 Å². The molecule has 2 unspecified atom stereocenters.